The van der Waals surface area contributed by atoms with Crippen LogP contribution < -0.4 is 5.32 Å². The molecule has 1 heterocycles. The van der Waals surface area contributed by atoms with Crippen LogP contribution in [0.2, 0.25) is 0 Å². The van der Waals surface area contributed by atoms with Crippen molar-refractivity contribution >= 4 is 0 Å². The first kappa shape index (κ1) is 21.0. The van der Waals surface area contributed by atoms with Gasteiger partial charge in [0.05, 0.1) is 12.0 Å². The van der Waals surface area contributed by atoms with Crippen LogP contribution in [0.1, 0.15) is 16.7 Å². The number of nitrogens with one attached hydrogen (secondary N) is 1. The van der Waals surface area contributed by atoms with Gasteiger partial charge in [0.1, 0.15) is 5.82 Å². The van der Waals surface area contributed by atoms with Gasteiger partial charge in [0.2, 0.25) is 0 Å². The van der Waals surface area contributed by atoms with Crippen LogP contribution in [0.25, 0.3) is 16.8 Å². The van der Waals surface area contributed by atoms with Gasteiger partial charge in [-0.15, -0.1) is 0 Å². The number of imidazole rings is 1. The van der Waals surface area contributed by atoms with E-state index in [0.717, 1.165) is 12.1 Å². The average Bonchev–Trinajstić information content (AvgIpc) is 3.29. The first-order chi connectivity index (χ1) is 15.1. The van der Waals surface area contributed by atoms with E-state index in [4.69, 9.17) is 0 Å². The molecule has 0 aliphatic rings. The summed E-state index contributed by atoms with van der Waals surface area (Å²) in [5.74, 6) is -0.254. The third kappa shape index (κ3) is 5.26. The molecule has 1 N–H and O–H groups in total. The van der Waals surface area contributed by atoms with Crippen LogP contribution in [0, 0.1) is 5.82 Å². The first-order valence-corrected chi connectivity index (χ1v) is 10.4. The lowest BCUT2D eigenvalue weighted by molar-refractivity contribution is 0.402. The van der Waals surface area contributed by atoms with E-state index in [1.54, 1.807) is 35.4 Å². The zero-order chi connectivity index (χ0) is 21.6. The fourth-order valence-corrected chi connectivity index (χ4v) is 3.72. The summed E-state index contributed by atoms with van der Waals surface area (Å²) in [4.78, 5) is 6.14. The van der Waals surface area contributed by atoms with Gasteiger partial charge in [-0.1, -0.05) is 54.6 Å². The Morgan fingerprint density at radius 3 is 2.42 bits per heavy atom. The van der Waals surface area contributed by atoms with Gasteiger partial charge < -0.3 is 14.8 Å². The van der Waals surface area contributed by atoms with Crippen LogP contribution >= 0.6 is 0 Å². The molecule has 4 nitrogen and oxygen atoms in total. The van der Waals surface area contributed by atoms with Crippen LogP contribution in [0.15, 0.2) is 85.5 Å². The topological polar surface area (TPSA) is 33.1 Å². The molecule has 158 valence electrons. The van der Waals surface area contributed by atoms with Gasteiger partial charge in [0.25, 0.3) is 0 Å². The van der Waals surface area contributed by atoms with Crippen LogP contribution in [-0.2, 0) is 19.6 Å². The zero-order valence-corrected chi connectivity index (χ0v) is 17.9. The highest BCUT2D eigenvalue weighted by molar-refractivity contribution is 5.67. The van der Waals surface area contributed by atoms with E-state index in [1.165, 1.54) is 22.3 Å². The summed E-state index contributed by atoms with van der Waals surface area (Å²) < 4.78 is 16.2. The Kier molecular flexibility index (Phi) is 6.55. The van der Waals surface area contributed by atoms with E-state index in [0.29, 0.717) is 18.8 Å². The van der Waals surface area contributed by atoms with Crippen molar-refractivity contribution in [3.63, 3.8) is 0 Å². The van der Waals surface area contributed by atoms with Gasteiger partial charge >= 0.3 is 0 Å². The van der Waals surface area contributed by atoms with Crippen LogP contribution in [-0.4, -0.2) is 28.5 Å². The Balaban J connectivity index is 1.42. The predicted octanol–water partition coefficient (Wildman–Crippen LogP) is 5.03. The highest BCUT2D eigenvalue weighted by Crippen LogP contribution is 2.24. The van der Waals surface area contributed by atoms with Crippen molar-refractivity contribution in [3.05, 3.63) is 108 Å². The summed E-state index contributed by atoms with van der Waals surface area (Å²) in [6.45, 7) is 2.23. The molecule has 0 amide bonds. The molecule has 31 heavy (non-hydrogen) atoms. The number of nitrogens with zero attached hydrogens (tertiary/aromatic N) is 3. The lowest BCUT2D eigenvalue weighted by Crippen LogP contribution is -2.14. The molecular formula is C26H27FN4. The van der Waals surface area contributed by atoms with Gasteiger partial charge in [0, 0.05) is 32.0 Å². The number of benzene rings is 3. The van der Waals surface area contributed by atoms with Gasteiger partial charge in [-0.05, 0) is 54.0 Å². The minimum absolute atomic E-state index is 0.254. The normalized spacial score (nSPS) is 11.2. The fraction of sp³-hybridized carbons (Fsp3) is 0.192. The van der Waals surface area contributed by atoms with Crippen molar-refractivity contribution in [1.82, 2.24) is 19.8 Å². The minimum Gasteiger partial charge on any atom is -0.309 e. The number of hydrogen-bond acceptors (Lipinski definition) is 3. The molecule has 1 aromatic heterocycles. The Morgan fingerprint density at radius 2 is 1.71 bits per heavy atom. The van der Waals surface area contributed by atoms with Gasteiger partial charge in [-0.2, -0.15) is 0 Å². The van der Waals surface area contributed by atoms with Crippen LogP contribution in [0.3, 0.4) is 0 Å². The molecule has 0 aliphatic carbocycles. The highest BCUT2D eigenvalue weighted by Gasteiger charge is 2.07. The number of hydrogen-bond donors (Lipinski definition) is 1. The molecule has 5 heteroatoms. The SMILES string of the molecule is CN(C)Cc1ccc(-c2ccccc2CNCc2ccc(-n3ccnc3)c(F)c2)cc1. The van der Waals surface area contributed by atoms with Gasteiger partial charge in [-0.3, -0.25) is 0 Å². The third-order valence-corrected chi connectivity index (χ3v) is 5.22. The Hall–Kier alpha value is -3.28. The molecule has 0 fully saturated rings. The molecule has 0 unspecified atom stereocenters. The van der Waals surface area contributed by atoms with Crippen molar-refractivity contribution in [2.24, 2.45) is 0 Å². The summed E-state index contributed by atoms with van der Waals surface area (Å²) in [6.07, 6.45) is 4.97. The summed E-state index contributed by atoms with van der Waals surface area (Å²) in [7, 11) is 4.15. The molecule has 0 saturated heterocycles. The lowest BCUT2D eigenvalue weighted by atomic mass is 9.98. The monoisotopic (exact) mass is 414 g/mol. The second-order valence-corrected chi connectivity index (χ2v) is 7.95. The standard InChI is InChI=1S/C26H27FN4/c1-30(2)18-20-7-10-22(11-8-20)24-6-4-3-5-23(24)17-29-16-21-9-12-26(25(27)15-21)31-14-13-28-19-31/h3-15,19,29H,16-18H2,1-2H3. The minimum atomic E-state index is -0.254. The Bertz CT molecular complexity index is 1120. The van der Waals surface area contributed by atoms with Gasteiger partial charge in [-0.25, -0.2) is 9.37 Å². The van der Waals surface area contributed by atoms with E-state index in [9.17, 15) is 4.39 Å². The molecule has 0 bridgehead atoms. The zero-order valence-electron chi connectivity index (χ0n) is 17.9. The maximum absolute atomic E-state index is 14.5. The van der Waals surface area contributed by atoms with Gasteiger partial charge in [0.15, 0.2) is 0 Å². The van der Waals surface area contributed by atoms with Crippen molar-refractivity contribution < 1.29 is 4.39 Å². The average molecular weight is 415 g/mol. The number of aromatic nitrogens is 2. The molecule has 0 spiro atoms. The smallest absolute Gasteiger partial charge is 0.147 e. The molecule has 4 aromatic rings. The van der Waals surface area contributed by atoms with Crippen molar-refractivity contribution in [2.45, 2.75) is 19.6 Å². The molecule has 3 aromatic carbocycles. The van der Waals surface area contributed by atoms with Crippen molar-refractivity contribution in [1.29, 1.82) is 0 Å². The number of halogens is 1. The van der Waals surface area contributed by atoms with E-state index in [-0.39, 0.29) is 5.82 Å². The second kappa shape index (κ2) is 9.69. The summed E-state index contributed by atoms with van der Waals surface area (Å²) in [5.41, 5.74) is 6.35. The Labute approximate surface area is 183 Å². The fourth-order valence-electron chi connectivity index (χ4n) is 3.72. The summed E-state index contributed by atoms with van der Waals surface area (Å²) in [5, 5.41) is 3.45. The van der Waals surface area contributed by atoms with Crippen molar-refractivity contribution in [2.75, 3.05) is 14.1 Å². The lowest BCUT2D eigenvalue weighted by Gasteiger charge is -2.13. The van der Waals surface area contributed by atoms with E-state index in [2.05, 4.69) is 77.8 Å². The Morgan fingerprint density at radius 1 is 0.935 bits per heavy atom. The molecule has 0 aliphatic heterocycles. The maximum Gasteiger partial charge on any atom is 0.147 e. The third-order valence-electron chi connectivity index (χ3n) is 5.22. The molecule has 0 radical (unpaired) electrons. The number of rotatable bonds is 8. The highest BCUT2D eigenvalue weighted by atomic mass is 19.1. The van der Waals surface area contributed by atoms with Crippen molar-refractivity contribution in [3.8, 4) is 16.8 Å². The molecule has 0 atom stereocenters. The molecule has 0 saturated carbocycles. The maximum atomic E-state index is 14.5. The van der Waals surface area contributed by atoms with Crippen LogP contribution in [0.5, 0.6) is 0 Å². The van der Waals surface area contributed by atoms with Crippen LogP contribution in [0.4, 0.5) is 4.39 Å². The summed E-state index contributed by atoms with van der Waals surface area (Å²) in [6, 6.07) is 22.5. The first-order valence-electron chi connectivity index (χ1n) is 10.4. The van der Waals surface area contributed by atoms with E-state index < -0.39 is 0 Å². The quantitative estimate of drug-likeness (QED) is 0.439. The van der Waals surface area contributed by atoms with E-state index in [1.807, 2.05) is 6.07 Å². The predicted molar refractivity (Wildman–Crippen MR) is 123 cm³/mol. The second-order valence-electron chi connectivity index (χ2n) is 7.95. The molecule has 4 rings (SSSR count). The summed E-state index contributed by atoms with van der Waals surface area (Å²) >= 11 is 0. The van der Waals surface area contributed by atoms with E-state index >= 15 is 0 Å². The molecular weight excluding hydrogens is 387 g/mol. The largest absolute Gasteiger partial charge is 0.309 e.